The lowest BCUT2D eigenvalue weighted by Crippen LogP contribution is -2.24. The van der Waals surface area contributed by atoms with E-state index in [0.29, 0.717) is 22.4 Å². The van der Waals surface area contributed by atoms with Crippen LogP contribution in [-0.2, 0) is 0 Å². The highest BCUT2D eigenvalue weighted by atomic mass is 35.5. The van der Waals surface area contributed by atoms with Gasteiger partial charge in [-0.3, -0.25) is 0 Å². The van der Waals surface area contributed by atoms with Gasteiger partial charge >= 0.3 is 0 Å². The first-order valence-electron chi connectivity index (χ1n) is 6.19. The molecule has 1 aliphatic rings. The molecule has 1 rings (SSSR count). The lowest BCUT2D eigenvalue weighted by molar-refractivity contribution is 0.404. The van der Waals surface area contributed by atoms with Crippen molar-refractivity contribution in [3.63, 3.8) is 0 Å². The smallest absolute Gasteiger partial charge is 0.107 e. The highest BCUT2D eigenvalue weighted by Gasteiger charge is 2.45. The molecule has 0 spiro atoms. The molecule has 104 valence electrons. The number of hydrogen-bond acceptors (Lipinski definition) is 0. The fourth-order valence-corrected chi connectivity index (χ4v) is 3.85. The van der Waals surface area contributed by atoms with Crippen LogP contribution >= 0.6 is 58.0 Å². The molecule has 5 heteroatoms. The maximum Gasteiger partial charge on any atom is 0.119 e. The molecule has 0 saturated heterocycles. The molecular formula is C13H17Cl5. The summed E-state index contributed by atoms with van der Waals surface area (Å²) >= 11 is 31.0. The molecule has 18 heavy (non-hydrogen) atoms. The van der Waals surface area contributed by atoms with E-state index in [2.05, 4.69) is 13.8 Å². The van der Waals surface area contributed by atoms with Crippen LogP contribution in [0.15, 0.2) is 20.1 Å². The van der Waals surface area contributed by atoms with Crippen LogP contribution in [0.5, 0.6) is 0 Å². The van der Waals surface area contributed by atoms with Gasteiger partial charge in [0.05, 0.1) is 20.1 Å². The van der Waals surface area contributed by atoms with Crippen LogP contribution in [0.3, 0.4) is 0 Å². The zero-order valence-corrected chi connectivity index (χ0v) is 14.3. The number of unbranched alkanes of at least 4 members (excludes halogenated alkanes) is 1. The van der Waals surface area contributed by atoms with Crippen molar-refractivity contribution in [3.05, 3.63) is 20.1 Å². The summed E-state index contributed by atoms with van der Waals surface area (Å²) in [6.45, 7) is 4.32. The van der Waals surface area contributed by atoms with Gasteiger partial charge < -0.3 is 0 Å². The minimum absolute atomic E-state index is 0.281. The van der Waals surface area contributed by atoms with Crippen LogP contribution in [0.25, 0.3) is 0 Å². The van der Waals surface area contributed by atoms with Gasteiger partial charge in [0.25, 0.3) is 0 Å². The average Bonchev–Trinajstić information content (AvgIpc) is 2.51. The zero-order valence-electron chi connectivity index (χ0n) is 10.5. The van der Waals surface area contributed by atoms with Gasteiger partial charge in [-0.05, 0) is 12.3 Å². The molecule has 0 aromatic rings. The van der Waals surface area contributed by atoms with Crippen LogP contribution in [0.4, 0.5) is 0 Å². The van der Waals surface area contributed by atoms with Gasteiger partial charge in [-0.25, -0.2) is 0 Å². The molecule has 0 N–H and O–H groups in total. The van der Waals surface area contributed by atoms with E-state index in [1.54, 1.807) is 0 Å². The Labute approximate surface area is 134 Å². The van der Waals surface area contributed by atoms with Crippen molar-refractivity contribution in [2.75, 3.05) is 0 Å². The monoisotopic (exact) mass is 348 g/mol. The molecule has 0 aliphatic heterocycles. The molecule has 0 aromatic heterocycles. The second-order valence-electron chi connectivity index (χ2n) is 4.68. The van der Waals surface area contributed by atoms with Crippen LogP contribution in [0.1, 0.15) is 46.0 Å². The summed E-state index contributed by atoms with van der Waals surface area (Å²) in [7, 11) is 0. The largest absolute Gasteiger partial charge is 0.119 e. The van der Waals surface area contributed by atoms with Crippen LogP contribution < -0.4 is 0 Å². The molecule has 0 aromatic carbocycles. The molecule has 0 saturated carbocycles. The highest BCUT2D eigenvalue weighted by molar-refractivity contribution is 6.58. The molecule has 0 nitrogen and oxygen atoms in total. The number of hydrogen-bond donors (Lipinski definition) is 0. The minimum atomic E-state index is -0.925. The maximum absolute atomic E-state index is 6.57. The Balaban J connectivity index is 2.88. The van der Waals surface area contributed by atoms with Crippen LogP contribution in [-0.4, -0.2) is 4.87 Å². The second kappa shape index (κ2) is 7.09. The molecule has 1 aliphatic carbocycles. The number of alkyl halides is 1. The Bertz CT molecular complexity index is 346. The van der Waals surface area contributed by atoms with Crippen molar-refractivity contribution in [2.45, 2.75) is 50.8 Å². The Hall–Kier alpha value is 0.930. The van der Waals surface area contributed by atoms with Gasteiger partial charge in [-0.15, -0.1) is 11.6 Å². The predicted molar refractivity (Wildman–Crippen MR) is 84.0 cm³/mol. The van der Waals surface area contributed by atoms with Crippen molar-refractivity contribution >= 4 is 58.0 Å². The predicted octanol–water partition coefficient (Wildman–Crippen LogP) is 6.96. The van der Waals surface area contributed by atoms with E-state index < -0.39 is 4.87 Å². The SMILES string of the molecule is CCCCC(CC)CC1(Cl)C(Cl)=C(Cl)C(Cl)=C1Cl. The molecule has 0 bridgehead atoms. The summed E-state index contributed by atoms with van der Waals surface area (Å²) in [5.74, 6) is 0.469. The third-order valence-corrected chi connectivity index (χ3v) is 6.18. The Morgan fingerprint density at radius 2 is 1.50 bits per heavy atom. The van der Waals surface area contributed by atoms with Crippen molar-refractivity contribution in [3.8, 4) is 0 Å². The average molecular weight is 351 g/mol. The molecule has 1 unspecified atom stereocenters. The first-order valence-corrected chi connectivity index (χ1v) is 8.08. The molecule has 0 heterocycles. The summed E-state index contributed by atoms with van der Waals surface area (Å²) in [5.41, 5.74) is 0. The van der Waals surface area contributed by atoms with Crippen molar-refractivity contribution in [1.82, 2.24) is 0 Å². The quantitative estimate of drug-likeness (QED) is 0.454. The maximum atomic E-state index is 6.57. The first kappa shape index (κ1) is 17.0. The fourth-order valence-electron chi connectivity index (χ4n) is 2.16. The normalized spacial score (nSPS) is 20.8. The third kappa shape index (κ3) is 3.33. The fraction of sp³-hybridized carbons (Fsp3) is 0.692. The summed E-state index contributed by atoms with van der Waals surface area (Å²) in [5, 5.41) is 1.28. The summed E-state index contributed by atoms with van der Waals surface area (Å²) < 4.78 is 0. The summed E-state index contributed by atoms with van der Waals surface area (Å²) in [4.78, 5) is -0.925. The van der Waals surface area contributed by atoms with E-state index in [4.69, 9.17) is 58.0 Å². The van der Waals surface area contributed by atoms with Gasteiger partial charge in [0.1, 0.15) is 4.87 Å². The Morgan fingerprint density at radius 1 is 1.00 bits per heavy atom. The van der Waals surface area contributed by atoms with Crippen molar-refractivity contribution < 1.29 is 0 Å². The van der Waals surface area contributed by atoms with Crippen molar-refractivity contribution in [1.29, 1.82) is 0 Å². The van der Waals surface area contributed by atoms with Gasteiger partial charge in [0, 0.05) is 0 Å². The second-order valence-corrected chi connectivity index (χ2v) is 6.83. The molecule has 0 amide bonds. The molecular weight excluding hydrogens is 333 g/mol. The topological polar surface area (TPSA) is 0 Å². The highest BCUT2D eigenvalue weighted by Crippen LogP contribution is 2.54. The summed E-state index contributed by atoms with van der Waals surface area (Å²) in [6.07, 6.45) is 5.17. The lowest BCUT2D eigenvalue weighted by Gasteiger charge is -2.27. The van der Waals surface area contributed by atoms with Gasteiger partial charge in [0.15, 0.2) is 0 Å². The lowest BCUT2D eigenvalue weighted by atomic mass is 9.88. The van der Waals surface area contributed by atoms with E-state index in [1.807, 2.05) is 0 Å². The summed E-state index contributed by atoms with van der Waals surface area (Å²) in [6, 6.07) is 0. The van der Waals surface area contributed by atoms with Crippen LogP contribution in [0, 0.1) is 5.92 Å². The third-order valence-electron chi connectivity index (χ3n) is 3.39. The first-order chi connectivity index (χ1) is 8.38. The van der Waals surface area contributed by atoms with E-state index in [1.165, 1.54) is 12.8 Å². The van der Waals surface area contributed by atoms with Crippen molar-refractivity contribution in [2.24, 2.45) is 5.92 Å². The van der Waals surface area contributed by atoms with Gasteiger partial charge in [-0.1, -0.05) is 85.9 Å². The molecule has 1 atom stereocenters. The minimum Gasteiger partial charge on any atom is -0.107 e. The van der Waals surface area contributed by atoms with E-state index in [0.717, 1.165) is 12.8 Å². The number of allylic oxidation sites excluding steroid dienone is 4. The van der Waals surface area contributed by atoms with E-state index in [9.17, 15) is 0 Å². The Kier molecular flexibility index (Phi) is 6.69. The number of rotatable bonds is 6. The molecule has 0 fully saturated rings. The van der Waals surface area contributed by atoms with Crippen LogP contribution in [0.2, 0.25) is 0 Å². The Morgan fingerprint density at radius 3 is 1.89 bits per heavy atom. The standard InChI is InChI=1S/C13H17Cl5/c1-3-5-6-8(4-2)7-13(18)11(16)9(14)10(15)12(13)17/h8H,3-7H2,1-2H3. The van der Waals surface area contributed by atoms with E-state index >= 15 is 0 Å². The zero-order chi connectivity index (χ0) is 13.9. The molecule has 0 radical (unpaired) electrons. The van der Waals surface area contributed by atoms with Gasteiger partial charge in [0.2, 0.25) is 0 Å². The van der Waals surface area contributed by atoms with E-state index in [-0.39, 0.29) is 10.1 Å². The number of halogens is 5. The van der Waals surface area contributed by atoms with Gasteiger partial charge in [-0.2, -0.15) is 0 Å².